The minimum atomic E-state index is 0.842. The second-order valence-electron chi connectivity index (χ2n) is 4.84. The van der Waals surface area contributed by atoms with Crippen LogP contribution in [0, 0.1) is 18.8 Å². The van der Waals surface area contributed by atoms with Crippen LogP contribution in [0.3, 0.4) is 0 Å². The molecule has 1 aromatic carbocycles. The van der Waals surface area contributed by atoms with Gasteiger partial charge in [-0.05, 0) is 49.8 Å². The van der Waals surface area contributed by atoms with Crippen LogP contribution in [-0.4, -0.2) is 13.1 Å². The first kappa shape index (κ1) is 8.49. The molecule has 0 amide bonds. The lowest BCUT2D eigenvalue weighted by molar-refractivity contribution is 0.191. The molecule has 3 atom stereocenters. The molecule has 0 unspecified atom stereocenters. The molecule has 0 radical (unpaired) electrons. The number of hydrogen-bond donors (Lipinski definition) is 1. The van der Waals surface area contributed by atoms with E-state index in [-0.39, 0.29) is 0 Å². The van der Waals surface area contributed by atoms with E-state index in [4.69, 9.17) is 0 Å². The monoisotopic (exact) mass is 187 g/mol. The van der Waals surface area contributed by atoms with Gasteiger partial charge in [-0.1, -0.05) is 29.8 Å². The summed E-state index contributed by atoms with van der Waals surface area (Å²) in [7, 11) is 0. The molecule has 0 bridgehead atoms. The second-order valence-corrected chi connectivity index (χ2v) is 4.84. The van der Waals surface area contributed by atoms with Crippen molar-refractivity contribution in [2.75, 3.05) is 13.1 Å². The topological polar surface area (TPSA) is 12.0 Å². The average Bonchev–Trinajstić information content (AvgIpc) is 2.48. The predicted octanol–water partition coefficient (Wildman–Crippen LogP) is 2.32. The van der Waals surface area contributed by atoms with Crippen molar-refractivity contribution in [1.82, 2.24) is 5.32 Å². The van der Waals surface area contributed by atoms with Crippen LogP contribution >= 0.6 is 0 Å². The van der Waals surface area contributed by atoms with Gasteiger partial charge in [0.05, 0.1) is 0 Å². The van der Waals surface area contributed by atoms with E-state index in [2.05, 4.69) is 36.5 Å². The van der Waals surface area contributed by atoms with E-state index in [1.165, 1.54) is 25.1 Å². The molecule has 14 heavy (non-hydrogen) atoms. The molecule has 0 aromatic heterocycles. The highest BCUT2D eigenvalue weighted by Gasteiger charge is 2.44. The van der Waals surface area contributed by atoms with Gasteiger partial charge in [-0.15, -0.1) is 0 Å². The summed E-state index contributed by atoms with van der Waals surface area (Å²) in [6.45, 7) is 4.68. The molecule has 2 fully saturated rings. The van der Waals surface area contributed by atoms with Gasteiger partial charge in [-0.3, -0.25) is 0 Å². The standard InChI is InChI=1S/C13H17N/c1-9-3-2-4-10(5-9)12-6-11-7-14-8-13(11)12/h2-5,11-14H,6-8H2,1H3/t11-,12-,13+/m0/s1. The molecule has 3 rings (SSSR count). The lowest BCUT2D eigenvalue weighted by Gasteiger charge is -2.40. The van der Waals surface area contributed by atoms with Gasteiger partial charge in [0.25, 0.3) is 0 Å². The molecular formula is C13H17N. The zero-order valence-corrected chi connectivity index (χ0v) is 8.66. The summed E-state index contributed by atoms with van der Waals surface area (Å²) in [5, 5.41) is 3.50. The maximum absolute atomic E-state index is 3.50. The number of benzene rings is 1. The number of hydrogen-bond acceptors (Lipinski definition) is 1. The molecule has 1 heterocycles. The largest absolute Gasteiger partial charge is 0.316 e. The lowest BCUT2D eigenvalue weighted by atomic mass is 9.64. The fourth-order valence-electron chi connectivity index (χ4n) is 3.07. The van der Waals surface area contributed by atoms with Gasteiger partial charge in [-0.2, -0.15) is 0 Å². The third kappa shape index (κ3) is 1.19. The third-order valence-corrected chi connectivity index (χ3v) is 3.94. The first-order valence-corrected chi connectivity index (χ1v) is 5.62. The first-order valence-electron chi connectivity index (χ1n) is 5.62. The van der Waals surface area contributed by atoms with Crippen molar-refractivity contribution in [3.8, 4) is 0 Å². The summed E-state index contributed by atoms with van der Waals surface area (Å²) in [6.07, 6.45) is 1.40. The number of fused-ring (bicyclic) bond motifs is 1. The molecule has 1 N–H and O–H groups in total. The molecule has 1 heteroatoms. The van der Waals surface area contributed by atoms with Gasteiger partial charge in [0.15, 0.2) is 0 Å². The third-order valence-electron chi connectivity index (χ3n) is 3.94. The van der Waals surface area contributed by atoms with Gasteiger partial charge in [-0.25, -0.2) is 0 Å². The van der Waals surface area contributed by atoms with Gasteiger partial charge in [0.1, 0.15) is 0 Å². The molecule has 1 saturated heterocycles. The molecular weight excluding hydrogens is 170 g/mol. The van der Waals surface area contributed by atoms with E-state index in [1.807, 2.05) is 0 Å². The van der Waals surface area contributed by atoms with Crippen molar-refractivity contribution in [3.63, 3.8) is 0 Å². The summed E-state index contributed by atoms with van der Waals surface area (Å²) in [6, 6.07) is 9.04. The Morgan fingerprint density at radius 1 is 1.29 bits per heavy atom. The highest BCUT2D eigenvalue weighted by atomic mass is 14.9. The Morgan fingerprint density at radius 2 is 2.21 bits per heavy atom. The van der Waals surface area contributed by atoms with Gasteiger partial charge >= 0.3 is 0 Å². The Kier molecular flexibility index (Phi) is 1.88. The lowest BCUT2D eigenvalue weighted by Crippen LogP contribution is -2.33. The number of aryl methyl sites for hydroxylation is 1. The van der Waals surface area contributed by atoms with E-state index in [1.54, 1.807) is 5.56 Å². The highest BCUT2D eigenvalue weighted by Crippen LogP contribution is 2.48. The zero-order valence-electron chi connectivity index (χ0n) is 8.66. The quantitative estimate of drug-likeness (QED) is 0.711. The Hall–Kier alpha value is -0.820. The van der Waals surface area contributed by atoms with Crippen LogP contribution < -0.4 is 5.32 Å². The second kappa shape index (κ2) is 3.09. The van der Waals surface area contributed by atoms with E-state index in [0.29, 0.717) is 0 Å². The molecule has 1 aliphatic heterocycles. The van der Waals surface area contributed by atoms with Crippen LogP contribution in [-0.2, 0) is 0 Å². The van der Waals surface area contributed by atoms with E-state index >= 15 is 0 Å². The van der Waals surface area contributed by atoms with Crippen molar-refractivity contribution in [3.05, 3.63) is 35.4 Å². The van der Waals surface area contributed by atoms with Crippen molar-refractivity contribution >= 4 is 0 Å². The van der Waals surface area contributed by atoms with Gasteiger partial charge < -0.3 is 5.32 Å². The Morgan fingerprint density at radius 3 is 3.00 bits per heavy atom. The molecule has 1 aliphatic carbocycles. The molecule has 0 spiro atoms. The van der Waals surface area contributed by atoms with Crippen molar-refractivity contribution in [1.29, 1.82) is 0 Å². The summed E-state index contributed by atoms with van der Waals surface area (Å²) in [5.74, 6) is 2.74. The van der Waals surface area contributed by atoms with Crippen LogP contribution in [0.2, 0.25) is 0 Å². The van der Waals surface area contributed by atoms with Crippen LogP contribution in [0.25, 0.3) is 0 Å². The molecule has 1 nitrogen and oxygen atoms in total. The average molecular weight is 187 g/mol. The number of nitrogens with one attached hydrogen (secondary N) is 1. The fourth-order valence-corrected chi connectivity index (χ4v) is 3.07. The summed E-state index contributed by atoms with van der Waals surface area (Å²) < 4.78 is 0. The minimum absolute atomic E-state index is 0.842. The molecule has 1 saturated carbocycles. The molecule has 74 valence electrons. The van der Waals surface area contributed by atoms with E-state index in [0.717, 1.165) is 17.8 Å². The van der Waals surface area contributed by atoms with Crippen LogP contribution in [0.4, 0.5) is 0 Å². The summed E-state index contributed by atoms with van der Waals surface area (Å²) in [5.41, 5.74) is 2.96. The molecule has 1 aromatic rings. The SMILES string of the molecule is Cc1cccc([C@@H]2C[C@H]3CNC[C@H]32)c1. The maximum atomic E-state index is 3.50. The summed E-state index contributed by atoms with van der Waals surface area (Å²) in [4.78, 5) is 0. The summed E-state index contributed by atoms with van der Waals surface area (Å²) >= 11 is 0. The van der Waals surface area contributed by atoms with Crippen molar-refractivity contribution in [2.45, 2.75) is 19.3 Å². The van der Waals surface area contributed by atoms with Crippen molar-refractivity contribution < 1.29 is 0 Å². The van der Waals surface area contributed by atoms with Crippen molar-refractivity contribution in [2.24, 2.45) is 11.8 Å². The zero-order chi connectivity index (χ0) is 9.54. The minimum Gasteiger partial charge on any atom is -0.316 e. The van der Waals surface area contributed by atoms with E-state index in [9.17, 15) is 0 Å². The van der Waals surface area contributed by atoms with Crippen LogP contribution in [0.15, 0.2) is 24.3 Å². The number of rotatable bonds is 1. The Labute approximate surface area is 85.5 Å². The predicted molar refractivity (Wildman–Crippen MR) is 58.4 cm³/mol. The Balaban J connectivity index is 1.83. The van der Waals surface area contributed by atoms with E-state index < -0.39 is 0 Å². The first-order chi connectivity index (χ1) is 6.84. The fraction of sp³-hybridized carbons (Fsp3) is 0.538. The smallest absolute Gasteiger partial charge is 0.00114 e. The Bertz CT molecular complexity index is 345. The molecule has 2 aliphatic rings. The van der Waals surface area contributed by atoms with Gasteiger partial charge in [0, 0.05) is 0 Å². The van der Waals surface area contributed by atoms with Crippen LogP contribution in [0.1, 0.15) is 23.5 Å². The normalized spacial score (nSPS) is 35.1. The maximum Gasteiger partial charge on any atom is -0.00114 e. The highest BCUT2D eigenvalue weighted by molar-refractivity contribution is 5.29. The van der Waals surface area contributed by atoms with Crippen LogP contribution in [0.5, 0.6) is 0 Å². The van der Waals surface area contributed by atoms with Gasteiger partial charge in [0.2, 0.25) is 0 Å².